The van der Waals surface area contributed by atoms with Crippen LogP contribution in [0.3, 0.4) is 0 Å². The number of rotatable bonds is 5. The Hall–Kier alpha value is -2.70. The first-order valence-corrected chi connectivity index (χ1v) is 7.83. The van der Waals surface area contributed by atoms with Crippen molar-refractivity contribution in [1.29, 1.82) is 0 Å². The first-order valence-electron chi connectivity index (χ1n) is 7.83. The molecule has 0 radical (unpaired) electrons. The number of nitrogens with two attached hydrogens (primary N) is 1. The molecule has 1 aromatic carbocycles. The Morgan fingerprint density at radius 1 is 1.40 bits per heavy atom. The lowest BCUT2D eigenvalue weighted by Gasteiger charge is -2.34. The number of primary amides is 1. The van der Waals surface area contributed by atoms with Crippen molar-refractivity contribution in [2.24, 2.45) is 5.73 Å². The summed E-state index contributed by atoms with van der Waals surface area (Å²) < 4.78 is 20.5. The summed E-state index contributed by atoms with van der Waals surface area (Å²) in [5.41, 5.74) is 3.03. The highest BCUT2D eigenvalue weighted by Crippen LogP contribution is 2.44. The predicted molar refractivity (Wildman–Crippen MR) is 91.9 cm³/mol. The smallest absolute Gasteiger partial charge is 0.405 e. The first-order chi connectivity index (χ1) is 11.5. The molecule has 1 atom stereocenters. The summed E-state index contributed by atoms with van der Waals surface area (Å²) in [5, 5.41) is 11.5. The first kappa shape index (κ1) is 18.6. The third kappa shape index (κ3) is 4.23. The summed E-state index contributed by atoms with van der Waals surface area (Å²) >= 11 is 0. The van der Waals surface area contributed by atoms with Gasteiger partial charge in [0.15, 0.2) is 0 Å². The Bertz CT molecular complexity index is 756. The van der Waals surface area contributed by atoms with Gasteiger partial charge >= 0.3 is 6.09 Å². The van der Waals surface area contributed by atoms with Gasteiger partial charge in [0.2, 0.25) is 5.67 Å². The van der Waals surface area contributed by atoms with E-state index in [-0.39, 0.29) is 12.8 Å². The highest BCUT2D eigenvalue weighted by atomic mass is 19.1. The van der Waals surface area contributed by atoms with E-state index in [1.54, 1.807) is 6.92 Å². The molecule has 0 heterocycles. The second kappa shape index (κ2) is 6.66. The quantitative estimate of drug-likeness (QED) is 0.642. The molecule has 0 fully saturated rings. The minimum absolute atomic E-state index is 0.157. The Balaban J connectivity index is 2.43. The lowest BCUT2D eigenvalue weighted by Crippen LogP contribution is -2.43. The molecule has 0 saturated heterocycles. The van der Waals surface area contributed by atoms with Crippen LogP contribution in [0.15, 0.2) is 47.7 Å². The number of allylic oxidation sites excluding steroid dienone is 4. The van der Waals surface area contributed by atoms with Crippen LogP contribution >= 0.6 is 0 Å². The maximum atomic E-state index is 15.6. The summed E-state index contributed by atoms with van der Waals surface area (Å²) in [6, 6.07) is 9.10. The molecule has 2 rings (SSSR count). The largest absolute Gasteiger partial charge is 0.444 e. The van der Waals surface area contributed by atoms with Crippen LogP contribution in [0.1, 0.15) is 39.2 Å². The van der Waals surface area contributed by atoms with Crippen molar-refractivity contribution < 1.29 is 18.8 Å². The number of ether oxygens (including phenoxy) is 1. The maximum absolute atomic E-state index is 15.6. The van der Waals surface area contributed by atoms with Gasteiger partial charge < -0.3 is 10.5 Å². The van der Waals surface area contributed by atoms with Gasteiger partial charge in [-0.05, 0) is 31.9 Å². The Morgan fingerprint density at radius 3 is 2.52 bits per heavy atom. The van der Waals surface area contributed by atoms with Crippen molar-refractivity contribution >= 4 is 11.7 Å². The number of carbonyl (C=O) groups is 1. The summed E-state index contributed by atoms with van der Waals surface area (Å²) in [5.74, 6) is 0. The molecule has 0 aromatic heterocycles. The molecular weight excluding hydrogens is 327 g/mol. The molecule has 7 heteroatoms. The fraction of sp³-hybridized carbons (Fsp3) is 0.389. The van der Waals surface area contributed by atoms with Gasteiger partial charge in [-0.2, -0.15) is 0 Å². The highest BCUT2D eigenvalue weighted by molar-refractivity contribution is 5.78. The fourth-order valence-corrected chi connectivity index (χ4v) is 3.30. The van der Waals surface area contributed by atoms with Crippen molar-refractivity contribution in [2.75, 3.05) is 0 Å². The molecule has 6 nitrogen and oxygen atoms in total. The lowest BCUT2D eigenvalue weighted by molar-refractivity contribution is -0.442. The van der Waals surface area contributed by atoms with Crippen molar-refractivity contribution in [1.82, 2.24) is 0 Å². The van der Waals surface area contributed by atoms with Gasteiger partial charge in [0.1, 0.15) is 5.60 Å². The minimum Gasteiger partial charge on any atom is -0.444 e. The normalized spacial score (nSPS) is 20.9. The average Bonchev–Trinajstić information content (AvgIpc) is 2.45. The molecule has 134 valence electrons. The molecule has 0 spiro atoms. The summed E-state index contributed by atoms with van der Waals surface area (Å²) in [4.78, 5) is 21.8. The van der Waals surface area contributed by atoms with Gasteiger partial charge in [-0.3, -0.25) is 10.1 Å². The third-order valence-corrected chi connectivity index (χ3v) is 4.11. The Morgan fingerprint density at radius 2 is 2.00 bits per heavy atom. The number of hydrogen-bond acceptors (Lipinski definition) is 4. The third-order valence-electron chi connectivity index (χ3n) is 4.11. The molecule has 25 heavy (non-hydrogen) atoms. The molecule has 1 amide bonds. The van der Waals surface area contributed by atoms with Crippen LogP contribution in [0, 0.1) is 10.1 Å². The monoisotopic (exact) mass is 348 g/mol. The van der Waals surface area contributed by atoms with Crippen LogP contribution in [0.25, 0.3) is 5.57 Å². The van der Waals surface area contributed by atoms with Gasteiger partial charge in [-0.25, -0.2) is 9.18 Å². The van der Waals surface area contributed by atoms with Gasteiger partial charge in [-0.1, -0.05) is 35.9 Å². The number of nitrogens with zero attached hydrogens (tertiary/aromatic N) is 1. The Labute approximate surface area is 145 Å². The van der Waals surface area contributed by atoms with Gasteiger partial charge in [-0.15, -0.1) is 0 Å². The topological polar surface area (TPSA) is 95.5 Å². The minimum atomic E-state index is -2.26. The molecule has 1 aliphatic rings. The number of halogens is 1. The Kier molecular flexibility index (Phi) is 4.97. The van der Waals surface area contributed by atoms with E-state index < -0.39 is 28.0 Å². The van der Waals surface area contributed by atoms with E-state index in [4.69, 9.17) is 10.5 Å². The van der Waals surface area contributed by atoms with Gasteiger partial charge in [0.25, 0.3) is 5.70 Å². The van der Waals surface area contributed by atoms with E-state index in [1.807, 2.05) is 30.3 Å². The van der Waals surface area contributed by atoms with Crippen molar-refractivity contribution in [3.05, 3.63) is 63.4 Å². The molecule has 0 saturated carbocycles. The summed E-state index contributed by atoms with van der Waals surface area (Å²) in [6.45, 7) is 4.69. The zero-order chi connectivity index (χ0) is 18.8. The number of nitro groups is 1. The van der Waals surface area contributed by atoms with Gasteiger partial charge in [0, 0.05) is 18.9 Å². The fourth-order valence-electron chi connectivity index (χ4n) is 3.30. The SMILES string of the molecule is CC1=C(c2ccccc2)C=C([N+](=O)[O-])C(F)(CC(C)(C)OC(N)=O)C1. The van der Waals surface area contributed by atoms with E-state index in [2.05, 4.69) is 0 Å². The highest BCUT2D eigenvalue weighted by Gasteiger charge is 2.50. The van der Waals surface area contributed by atoms with E-state index in [9.17, 15) is 14.9 Å². The number of carbonyl (C=O) groups excluding carboxylic acids is 1. The lowest BCUT2D eigenvalue weighted by atomic mass is 9.77. The number of amides is 1. The molecule has 0 bridgehead atoms. The maximum Gasteiger partial charge on any atom is 0.405 e. The average molecular weight is 348 g/mol. The zero-order valence-electron chi connectivity index (χ0n) is 14.4. The van der Waals surface area contributed by atoms with E-state index in [1.165, 1.54) is 19.9 Å². The van der Waals surface area contributed by atoms with Crippen molar-refractivity contribution in [2.45, 2.75) is 44.9 Å². The standard InChI is InChI=1S/C18H21FN2O4/c1-12-10-18(19,11-17(2,3)25-16(20)22)15(21(23)24)9-14(12)13-7-5-4-6-8-13/h4-9H,10-11H2,1-3H3,(H2,20,22). The molecule has 0 aliphatic heterocycles. The summed E-state index contributed by atoms with van der Waals surface area (Å²) in [7, 11) is 0. The number of alkyl halides is 1. The summed E-state index contributed by atoms with van der Waals surface area (Å²) in [6.07, 6.45) is -0.299. The molecule has 1 unspecified atom stereocenters. The van der Waals surface area contributed by atoms with E-state index in [0.29, 0.717) is 11.1 Å². The van der Waals surface area contributed by atoms with Gasteiger partial charge in [0.05, 0.1) is 4.92 Å². The van der Waals surface area contributed by atoms with E-state index in [0.717, 1.165) is 5.56 Å². The predicted octanol–water partition coefficient (Wildman–Crippen LogP) is 4.00. The molecular formula is C18H21FN2O4. The zero-order valence-corrected chi connectivity index (χ0v) is 14.4. The molecule has 1 aromatic rings. The van der Waals surface area contributed by atoms with Crippen LogP contribution in [-0.4, -0.2) is 22.3 Å². The van der Waals surface area contributed by atoms with Crippen LogP contribution in [0.2, 0.25) is 0 Å². The van der Waals surface area contributed by atoms with Crippen LogP contribution in [0.5, 0.6) is 0 Å². The van der Waals surface area contributed by atoms with Crippen LogP contribution in [-0.2, 0) is 4.74 Å². The van der Waals surface area contributed by atoms with E-state index >= 15 is 4.39 Å². The number of benzene rings is 1. The molecule has 2 N–H and O–H groups in total. The second-order valence-electron chi connectivity index (χ2n) is 6.85. The van der Waals surface area contributed by atoms with Crippen molar-refractivity contribution in [3.63, 3.8) is 0 Å². The molecule has 1 aliphatic carbocycles. The van der Waals surface area contributed by atoms with Crippen molar-refractivity contribution in [3.8, 4) is 0 Å². The second-order valence-corrected chi connectivity index (χ2v) is 6.85. The van der Waals surface area contributed by atoms with Crippen LogP contribution in [0.4, 0.5) is 9.18 Å². The number of hydrogen-bond donors (Lipinski definition) is 1. The van der Waals surface area contributed by atoms with Crippen LogP contribution < -0.4 is 5.73 Å².